The number of ketones is 1. The molecule has 0 atom stereocenters. The molecule has 0 spiro atoms. The summed E-state index contributed by atoms with van der Waals surface area (Å²) in [7, 11) is 0. The van der Waals surface area contributed by atoms with E-state index in [2.05, 4.69) is 0 Å². The second kappa shape index (κ2) is 10.3. The predicted molar refractivity (Wildman–Crippen MR) is 127 cm³/mol. The lowest BCUT2D eigenvalue weighted by Gasteiger charge is -2.18. The van der Waals surface area contributed by atoms with Crippen molar-refractivity contribution < 1.29 is 23.1 Å². The number of carbonyl (C=O) groups excluding carboxylic acids is 1. The highest BCUT2D eigenvalue weighted by Gasteiger charge is 2.24. The van der Waals surface area contributed by atoms with E-state index in [0.717, 1.165) is 34.9 Å². The van der Waals surface area contributed by atoms with Gasteiger partial charge in [-0.25, -0.2) is 4.39 Å². The molecule has 0 unspecified atom stereocenters. The molecule has 0 bridgehead atoms. The summed E-state index contributed by atoms with van der Waals surface area (Å²) in [5.74, 6) is 0.559. The van der Waals surface area contributed by atoms with E-state index in [4.69, 9.17) is 13.9 Å². The molecule has 0 aliphatic carbocycles. The summed E-state index contributed by atoms with van der Waals surface area (Å²) in [6, 6.07) is 18.4. The third-order valence-corrected chi connectivity index (χ3v) is 5.69. The highest BCUT2D eigenvalue weighted by atomic mass is 19.1. The van der Waals surface area contributed by atoms with Gasteiger partial charge in [-0.2, -0.15) is 0 Å². The summed E-state index contributed by atoms with van der Waals surface area (Å²) >= 11 is 0. The van der Waals surface area contributed by atoms with E-state index in [-0.39, 0.29) is 11.6 Å². The van der Waals surface area contributed by atoms with Gasteiger partial charge < -0.3 is 13.9 Å². The first kappa shape index (κ1) is 22.6. The zero-order valence-corrected chi connectivity index (χ0v) is 18.9. The first-order chi connectivity index (χ1) is 16.0. The smallest absolute Gasteiger partial charge is 0.205 e. The predicted octanol–water partition coefficient (Wildman–Crippen LogP) is 6.72. The van der Waals surface area contributed by atoms with Gasteiger partial charge in [0.1, 0.15) is 5.82 Å². The van der Waals surface area contributed by atoms with Crippen molar-refractivity contribution in [2.24, 2.45) is 0 Å². The molecule has 170 valence electrons. The monoisotopic (exact) mass is 446 g/mol. The number of Topliss-reactive ketones (excluding diaryl/α,β-unsaturated/α-hetero) is 1. The van der Waals surface area contributed by atoms with Crippen LogP contribution in [0.5, 0.6) is 11.5 Å². The van der Waals surface area contributed by atoms with Gasteiger partial charge in [0, 0.05) is 11.8 Å². The highest BCUT2D eigenvalue weighted by Crippen LogP contribution is 2.43. The van der Waals surface area contributed by atoms with Crippen molar-refractivity contribution >= 4 is 16.8 Å². The van der Waals surface area contributed by atoms with Crippen LogP contribution in [0.1, 0.15) is 40.4 Å². The Morgan fingerprint density at radius 2 is 1.58 bits per heavy atom. The maximum Gasteiger partial charge on any atom is 0.205 e. The fourth-order valence-corrected chi connectivity index (χ4v) is 4.01. The van der Waals surface area contributed by atoms with Gasteiger partial charge in [0.15, 0.2) is 17.1 Å². The highest BCUT2D eigenvalue weighted by molar-refractivity contribution is 6.05. The molecule has 0 radical (unpaired) electrons. The molecule has 33 heavy (non-hydrogen) atoms. The molecule has 0 saturated carbocycles. The Hall–Kier alpha value is -3.60. The Kier molecular flexibility index (Phi) is 7.08. The lowest BCUT2D eigenvalue weighted by molar-refractivity contribution is 0.101. The van der Waals surface area contributed by atoms with Crippen molar-refractivity contribution in [2.45, 2.75) is 33.1 Å². The minimum absolute atomic E-state index is 0.0820. The molecule has 1 aromatic heterocycles. The lowest BCUT2D eigenvalue weighted by Crippen LogP contribution is -2.10. The van der Waals surface area contributed by atoms with Crippen LogP contribution in [0, 0.1) is 12.7 Å². The van der Waals surface area contributed by atoms with E-state index >= 15 is 0 Å². The van der Waals surface area contributed by atoms with Gasteiger partial charge >= 0.3 is 0 Å². The molecule has 4 nitrogen and oxygen atoms in total. The molecule has 3 aromatic carbocycles. The average Bonchev–Trinajstić information content (AvgIpc) is 3.30. The maximum atomic E-state index is 13.1. The topological polar surface area (TPSA) is 48.7 Å². The van der Waals surface area contributed by atoms with Crippen molar-refractivity contribution in [3.63, 3.8) is 0 Å². The summed E-state index contributed by atoms with van der Waals surface area (Å²) in [5.41, 5.74) is 4.11. The summed E-state index contributed by atoms with van der Waals surface area (Å²) in [6.07, 6.45) is 3.77. The third-order valence-electron chi connectivity index (χ3n) is 5.69. The van der Waals surface area contributed by atoms with Crippen molar-refractivity contribution in [1.29, 1.82) is 0 Å². The molecule has 1 heterocycles. The van der Waals surface area contributed by atoms with Gasteiger partial charge in [-0.05, 0) is 61.6 Å². The van der Waals surface area contributed by atoms with E-state index in [0.29, 0.717) is 42.3 Å². The van der Waals surface area contributed by atoms with Crippen molar-refractivity contribution in [3.8, 4) is 11.5 Å². The van der Waals surface area contributed by atoms with Crippen LogP contribution in [0.15, 0.2) is 71.3 Å². The summed E-state index contributed by atoms with van der Waals surface area (Å²) in [6.45, 7) is 4.25. The molecule has 5 heteroatoms. The van der Waals surface area contributed by atoms with Crippen LogP contribution >= 0.6 is 0 Å². The van der Waals surface area contributed by atoms with E-state index in [9.17, 15) is 9.18 Å². The van der Waals surface area contributed by atoms with Gasteiger partial charge in [-0.15, -0.1) is 0 Å². The molecule has 4 rings (SSSR count). The Morgan fingerprint density at radius 3 is 2.30 bits per heavy atom. The standard InChI is InChI=1S/C28H27FO4/c1-19-24-15-18-32-26(24)28(31-16-6-9-22-10-12-23(29)13-11-22)27(25(19)20(2)30)33-17-14-21-7-4-3-5-8-21/h3-5,7-8,10-13,15,18H,6,9,14,16-17H2,1-2H3. The quantitative estimate of drug-likeness (QED) is 0.200. The Balaban J connectivity index is 1.56. The van der Waals surface area contributed by atoms with Crippen LogP contribution in [0.25, 0.3) is 11.0 Å². The van der Waals surface area contributed by atoms with Crippen LogP contribution in [0.2, 0.25) is 0 Å². The molecule has 0 aliphatic heterocycles. The molecular formula is C28H27FO4. The SMILES string of the molecule is CC(=O)c1c(OCCc2ccccc2)c(OCCCc2ccc(F)cc2)c2occc2c1C. The van der Waals surface area contributed by atoms with E-state index in [1.807, 2.05) is 43.3 Å². The largest absolute Gasteiger partial charge is 0.488 e. The second-order valence-electron chi connectivity index (χ2n) is 8.04. The molecule has 0 saturated heterocycles. The number of benzene rings is 3. The molecule has 0 aliphatic rings. The number of aryl methyl sites for hydroxylation is 2. The van der Waals surface area contributed by atoms with Gasteiger partial charge in [0.05, 0.1) is 25.0 Å². The van der Waals surface area contributed by atoms with Gasteiger partial charge in [0.2, 0.25) is 5.75 Å². The number of rotatable bonds is 10. The first-order valence-electron chi connectivity index (χ1n) is 11.1. The second-order valence-corrected chi connectivity index (χ2v) is 8.04. The Bertz CT molecular complexity index is 1230. The van der Waals surface area contributed by atoms with Crippen LogP contribution < -0.4 is 9.47 Å². The fraction of sp³-hybridized carbons (Fsp3) is 0.250. The van der Waals surface area contributed by atoms with Crippen LogP contribution in [0.4, 0.5) is 4.39 Å². The van der Waals surface area contributed by atoms with Crippen LogP contribution in [0.3, 0.4) is 0 Å². The van der Waals surface area contributed by atoms with Crippen LogP contribution in [-0.2, 0) is 12.8 Å². The average molecular weight is 447 g/mol. The molecule has 0 amide bonds. The number of halogens is 1. The van der Waals surface area contributed by atoms with Gasteiger partial charge in [-0.3, -0.25) is 4.79 Å². The number of hydrogen-bond acceptors (Lipinski definition) is 4. The lowest BCUT2D eigenvalue weighted by atomic mass is 9.99. The third kappa shape index (κ3) is 5.25. The Labute approximate surface area is 192 Å². The molecule has 4 aromatic rings. The zero-order valence-electron chi connectivity index (χ0n) is 18.9. The summed E-state index contributed by atoms with van der Waals surface area (Å²) < 4.78 is 31.2. The fourth-order valence-electron chi connectivity index (χ4n) is 4.01. The number of carbonyl (C=O) groups is 1. The minimum Gasteiger partial charge on any atom is -0.488 e. The molecule has 0 fully saturated rings. The van der Waals surface area contributed by atoms with Crippen LogP contribution in [-0.4, -0.2) is 19.0 Å². The van der Waals surface area contributed by atoms with Gasteiger partial charge in [0.25, 0.3) is 0 Å². The number of fused-ring (bicyclic) bond motifs is 1. The van der Waals surface area contributed by atoms with Gasteiger partial charge in [-0.1, -0.05) is 42.5 Å². The number of furan rings is 1. The molecular weight excluding hydrogens is 419 g/mol. The maximum absolute atomic E-state index is 13.1. The zero-order chi connectivity index (χ0) is 23.2. The molecule has 0 N–H and O–H groups in total. The Morgan fingerprint density at radius 1 is 0.879 bits per heavy atom. The summed E-state index contributed by atoms with van der Waals surface area (Å²) in [5, 5.41) is 0.837. The number of ether oxygens (including phenoxy) is 2. The van der Waals surface area contributed by atoms with Crippen molar-refractivity contribution in [3.05, 3.63) is 95.0 Å². The normalized spacial score (nSPS) is 11.0. The first-order valence-corrected chi connectivity index (χ1v) is 11.1. The van der Waals surface area contributed by atoms with E-state index in [1.165, 1.54) is 19.1 Å². The minimum atomic E-state index is -0.246. The summed E-state index contributed by atoms with van der Waals surface area (Å²) in [4.78, 5) is 12.6. The van der Waals surface area contributed by atoms with E-state index < -0.39 is 0 Å². The van der Waals surface area contributed by atoms with Crippen molar-refractivity contribution in [2.75, 3.05) is 13.2 Å². The van der Waals surface area contributed by atoms with E-state index in [1.54, 1.807) is 18.4 Å². The number of hydrogen-bond donors (Lipinski definition) is 0. The van der Waals surface area contributed by atoms with Crippen molar-refractivity contribution in [1.82, 2.24) is 0 Å².